The number of carbonyl (C=O) groups excluding carboxylic acids is 1. The van der Waals surface area contributed by atoms with Gasteiger partial charge in [-0.2, -0.15) is 0 Å². The summed E-state index contributed by atoms with van der Waals surface area (Å²) in [5.41, 5.74) is 0. The molecule has 0 aliphatic rings. The van der Waals surface area contributed by atoms with E-state index in [9.17, 15) is 4.79 Å². The first-order chi connectivity index (χ1) is 7.12. The summed E-state index contributed by atoms with van der Waals surface area (Å²) in [7, 11) is 1.35. The van der Waals surface area contributed by atoms with Crippen LogP contribution in [0, 0.1) is 5.92 Å². The largest absolute Gasteiger partial charge is 0.466 e. The first kappa shape index (κ1) is 16.6. The van der Waals surface area contributed by atoms with Crippen molar-refractivity contribution < 1.29 is 9.53 Å². The lowest BCUT2D eigenvalue weighted by molar-refractivity contribution is -0.134. The second-order valence-electron chi connectivity index (χ2n) is 3.68. The monoisotopic (exact) mass is 214 g/mol. The van der Waals surface area contributed by atoms with Crippen LogP contribution in [0.2, 0.25) is 0 Å². The number of methoxy groups -OCH3 is 1. The van der Waals surface area contributed by atoms with Crippen LogP contribution in [0.5, 0.6) is 0 Å². The van der Waals surface area contributed by atoms with Crippen molar-refractivity contribution in [3.8, 4) is 0 Å². The molecule has 1 unspecified atom stereocenters. The highest BCUT2D eigenvalue weighted by Crippen LogP contribution is 2.09. The first-order valence-corrected chi connectivity index (χ1v) is 5.82. The van der Waals surface area contributed by atoms with Crippen LogP contribution in [0.4, 0.5) is 0 Å². The SMILES string of the molecule is CC=CC(=O)OC.CCCCC(C)CC. The summed E-state index contributed by atoms with van der Waals surface area (Å²) >= 11 is 0. The molecule has 0 aromatic carbocycles. The van der Waals surface area contributed by atoms with E-state index in [1.54, 1.807) is 13.0 Å². The Kier molecular flexibility index (Phi) is 14.6. The molecule has 0 aromatic rings. The third-order valence-electron chi connectivity index (χ3n) is 2.25. The number of hydrogen-bond donors (Lipinski definition) is 0. The van der Waals surface area contributed by atoms with Crippen molar-refractivity contribution in [3.05, 3.63) is 12.2 Å². The Balaban J connectivity index is 0. The lowest BCUT2D eigenvalue weighted by Gasteiger charge is -2.04. The third-order valence-corrected chi connectivity index (χ3v) is 2.25. The van der Waals surface area contributed by atoms with Gasteiger partial charge in [0, 0.05) is 6.08 Å². The van der Waals surface area contributed by atoms with Crippen molar-refractivity contribution >= 4 is 5.97 Å². The molecule has 0 spiro atoms. The molecule has 0 bridgehead atoms. The quantitative estimate of drug-likeness (QED) is 0.511. The summed E-state index contributed by atoms with van der Waals surface area (Å²) in [5, 5.41) is 0. The van der Waals surface area contributed by atoms with Gasteiger partial charge in [-0.1, -0.05) is 52.5 Å². The van der Waals surface area contributed by atoms with Crippen molar-refractivity contribution in [1.29, 1.82) is 0 Å². The van der Waals surface area contributed by atoms with Crippen molar-refractivity contribution in [1.82, 2.24) is 0 Å². The number of hydrogen-bond acceptors (Lipinski definition) is 2. The van der Waals surface area contributed by atoms with Crippen LogP contribution < -0.4 is 0 Å². The summed E-state index contributed by atoms with van der Waals surface area (Å²) in [6, 6.07) is 0. The van der Waals surface area contributed by atoms with Crippen molar-refractivity contribution in [3.63, 3.8) is 0 Å². The van der Waals surface area contributed by atoms with E-state index < -0.39 is 0 Å². The standard InChI is InChI=1S/C8H18.C5H8O2/c1-4-6-7-8(3)5-2;1-3-4-5(6)7-2/h8H,4-7H2,1-3H3;3-4H,1-2H3. The van der Waals surface area contributed by atoms with E-state index in [0.29, 0.717) is 0 Å². The predicted molar refractivity (Wildman–Crippen MR) is 65.8 cm³/mol. The van der Waals surface area contributed by atoms with E-state index in [4.69, 9.17) is 0 Å². The van der Waals surface area contributed by atoms with E-state index >= 15 is 0 Å². The zero-order valence-corrected chi connectivity index (χ0v) is 10.9. The van der Waals surface area contributed by atoms with Gasteiger partial charge in [0.1, 0.15) is 0 Å². The van der Waals surface area contributed by atoms with Gasteiger partial charge in [-0.05, 0) is 12.8 Å². The summed E-state index contributed by atoms with van der Waals surface area (Å²) in [4.78, 5) is 10.1. The molecule has 1 atom stereocenters. The van der Waals surface area contributed by atoms with Crippen LogP contribution >= 0.6 is 0 Å². The molecule has 0 aliphatic carbocycles. The molecule has 0 amide bonds. The topological polar surface area (TPSA) is 26.3 Å². The zero-order chi connectivity index (χ0) is 12.1. The van der Waals surface area contributed by atoms with Gasteiger partial charge < -0.3 is 4.74 Å². The Bertz CT molecular complexity index is 162. The van der Waals surface area contributed by atoms with Gasteiger partial charge in [-0.15, -0.1) is 0 Å². The van der Waals surface area contributed by atoms with Gasteiger partial charge in [-0.25, -0.2) is 4.79 Å². The minimum Gasteiger partial charge on any atom is -0.466 e. The fourth-order valence-corrected chi connectivity index (χ4v) is 0.961. The minimum absolute atomic E-state index is 0.303. The van der Waals surface area contributed by atoms with E-state index in [2.05, 4.69) is 25.5 Å². The van der Waals surface area contributed by atoms with E-state index in [-0.39, 0.29) is 5.97 Å². The van der Waals surface area contributed by atoms with E-state index in [1.807, 2.05) is 0 Å². The van der Waals surface area contributed by atoms with Gasteiger partial charge in [-0.3, -0.25) is 0 Å². The lowest BCUT2D eigenvalue weighted by Crippen LogP contribution is -1.92. The lowest BCUT2D eigenvalue weighted by atomic mass is 10.0. The average molecular weight is 214 g/mol. The maximum atomic E-state index is 10.1. The number of rotatable bonds is 5. The highest BCUT2D eigenvalue weighted by molar-refractivity contribution is 5.81. The molecule has 15 heavy (non-hydrogen) atoms. The molecule has 2 nitrogen and oxygen atoms in total. The highest BCUT2D eigenvalue weighted by atomic mass is 16.5. The van der Waals surface area contributed by atoms with Gasteiger partial charge >= 0.3 is 5.97 Å². The molecular formula is C13H26O2. The Hall–Kier alpha value is -0.790. The molecule has 0 fully saturated rings. The molecule has 0 aliphatic heterocycles. The molecule has 2 heteroatoms. The molecule has 0 aromatic heterocycles. The fourth-order valence-electron chi connectivity index (χ4n) is 0.961. The van der Waals surface area contributed by atoms with Gasteiger partial charge in [0.25, 0.3) is 0 Å². The van der Waals surface area contributed by atoms with Crippen LogP contribution in [-0.4, -0.2) is 13.1 Å². The van der Waals surface area contributed by atoms with Gasteiger partial charge in [0.15, 0.2) is 0 Å². The van der Waals surface area contributed by atoms with Crippen LogP contribution in [0.1, 0.15) is 53.4 Å². The van der Waals surface area contributed by atoms with Crippen LogP contribution in [0.15, 0.2) is 12.2 Å². The van der Waals surface area contributed by atoms with Crippen molar-refractivity contribution in [2.45, 2.75) is 53.4 Å². The number of unbranched alkanes of at least 4 members (excludes halogenated alkanes) is 1. The molecule has 90 valence electrons. The van der Waals surface area contributed by atoms with E-state index in [0.717, 1.165) is 5.92 Å². The Morgan fingerprint density at radius 2 is 2.00 bits per heavy atom. The Labute approximate surface area is 94.7 Å². The molecule has 0 saturated carbocycles. The Morgan fingerprint density at radius 3 is 2.27 bits per heavy atom. The summed E-state index contributed by atoms with van der Waals surface area (Å²) in [5.74, 6) is 0.650. The summed E-state index contributed by atoms with van der Waals surface area (Å²) in [6.45, 7) is 8.61. The fraction of sp³-hybridized carbons (Fsp3) is 0.769. The maximum absolute atomic E-state index is 10.1. The summed E-state index contributed by atoms with van der Waals surface area (Å²) in [6.07, 6.45) is 8.53. The normalized spacial score (nSPS) is 11.8. The molecular weight excluding hydrogens is 188 g/mol. The van der Waals surface area contributed by atoms with Crippen LogP contribution in [-0.2, 0) is 9.53 Å². The van der Waals surface area contributed by atoms with Crippen molar-refractivity contribution in [2.24, 2.45) is 5.92 Å². The molecule has 0 N–H and O–H groups in total. The average Bonchev–Trinajstić information content (AvgIpc) is 2.26. The van der Waals surface area contributed by atoms with Crippen molar-refractivity contribution in [2.75, 3.05) is 7.11 Å². The smallest absolute Gasteiger partial charge is 0.330 e. The molecule has 0 saturated heterocycles. The second kappa shape index (κ2) is 13.2. The van der Waals surface area contributed by atoms with Gasteiger partial charge in [0.2, 0.25) is 0 Å². The number of ether oxygens (including phenoxy) is 1. The maximum Gasteiger partial charge on any atom is 0.330 e. The number of esters is 1. The molecule has 0 heterocycles. The Morgan fingerprint density at radius 1 is 1.40 bits per heavy atom. The first-order valence-electron chi connectivity index (χ1n) is 5.82. The highest BCUT2D eigenvalue weighted by Gasteiger charge is 1.94. The second-order valence-corrected chi connectivity index (χ2v) is 3.68. The van der Waals surface area contributed by atoms with E-state index in [1.165, 1.54) is 38.9 Å². The summed E-state index contributed by atoms with van der Waals surface area (Å²) < 4.78 is 4.26. The zero-order valence-electron chi connectivity index (χ0n) is 10.9. The third kappa shape index (κ3) is 15.9. The predicted octanol–water partition coefficient (Wildman–Crippen LogP) is 3.96. The van der Waals surface area contributed by atoms with Crippen LogP contribution in [0.25, 0.3) is 0 Å². The minimum atomic E-state index is -0.303. The molecule has 0 radical (unpaired) electrons. The number of carbonyl (C=O) groups is 1. The van der Waals surface area contributed by atoms with Gasteiger partial charge in [0.05, 0.1) is 7.11 Å². The van der Waals surface area contributed by atoms with Crippen LogP contribution in [0.3, 0.4) is 0 Å². The number of allylic oxidation sites excluding steroid dienone is 1. The molecule has 0 rings (SSSR count).